The van der Waals surface area contributed by atoms with Gasteiger partial charge in [0.05, 0.1) is 10.5 Å². The number of carboxylic acid groups (broad SMARTS) is 1. The lowest BCUT2D eigenvalue weighted by Gasteiger charge is -2.24. The predicted octanol–water partition coefficient (Wildman–Crippen LogP) is 1.80. The zero-order chi connectivity index (χ0) is 13.9. The monoisotopic (exact) mass is 271 g/mol. The number of aromatic carboxylic acids is 1. The number of sulfonamides is 1. The highest BCUT2D eigenvalue weighted by atomic mass is 32.2. The highest BCUT2D eigenvalue weighted by Gasteiger charge is 2.29. The van der Waals surface area contributed by atoms with Crippen molar-refractivity contribution in [3.05, 3.63) is 29.8 Å². The Kier molecular flexibility index (Phi) is 4.48. The fourth-order valence-corrected chi connectivity index (χ4v) is 3.64. The van der Waals surface area contributed by atoms with E-state index in [2.05, 4.69) is 0 Å². The second-order valence-corrected chi connectivity index (χ2v) is 5.96. The first-order valence-electron chi connectivity index (χ1n) is 5.66. The standard InChI is InChI=1S/C12H17NO4S/c1-4-13(9(2)3)18(16,17)11-8-6-5-7-10(11)12(14)15/h5-9H,4H2,1-3H3,(H,14,15). The van der Waals surface area contributed by atoms with Crippen LogP contribution in [0, 0.1) is 0 Å². The minimum absolute atomic E-state index is 0.159. The summed E-state index contributed by atoms with van der Waals surface area (Å²) < 4.78 is 26.1. The summed E-state index contributed by atoms with van der Waals surface area (Å²) in [5, 5.41) is 9.04. The van der Waals surface area contributed by atoms with Crippen LogP contribution in [0.15, 0.2) is 29.2 Å². The van der Waals surface area contributed by atoms with Crippen molar-refractivity contribution in [1.29, 1.82) is 0 Å². The quantitative estimate of drug-likeness (QED) is 0.886. The van der Waals surface area contributed by atoms with Crippen LogP contribution in [-0.2, 0) is 10.0 Å². The van der Waals surface area contributed by atoms with Gasteiger partial charge in [-0.2, -0.15) is 4.31 Å². The molecule has 1 aromatic carbocycles. The molecule has 1 rings (SSSR count). The van der Waals surface area contributed by atoms with Gasteiger partial charge in [0.15, 0.2) is 0 Å². The summed E-state index contributed by atoms with van der Waals surface area (Å²) in [4.78, 5) is 10.9. The SMILES string of the molecule is CCN(C(C)C)S(=O)(=O)c1ccccc1C(=O)O. The second-order valence-electron chi connectivity index (χ2n) is 4.10. The van der Waals surface area contributed by atoms with E-state index in [0.29, 0.717) is 6.54 Å². The number of hydrogen-bond donors (Lipinski definition) is 1. The van der Waals surface area contributed by atoms with Gasteiger partial charge in [-0.1, -0.05) is 19.1 Å². The van der Waals surface area contributed by atoms with Gasteiger partial charge in [-0.3, -0.25) is 0 Å². The summed E-state index contributed by atoms with van der Waals surface area (Å²) >= 11 is 0. The number of hydrogen-bond acceptors (Lipinski definition) is 3. The Hall–Kier alpha value is -1.40. The van der Waals surface area contributed by atoms with Crippen molar-refractivity contribution in [2.75, 3.05) is 6.54 Å². The Balaban J connectivity index is 3.41. The molecule has 0 fully saturated rings. The third-order valence-corrected chi connectivity index (χ3v) is 4.80. The fourth-order valence-electron chi connectivity index (χ4n) is 1.81. The highest BCUT2D eigenvalue weighted by Crippen LogP contribution is 2.21. The number of benzene rings is 1. The first-order valence-corrected chi connectivity index (χ1v) is 7.10. The summed E-state index contributed by atoms with van der Waals surface area (Å²) in [6.07, 6.45) is 0. The number of carboxylic acids is 1. The van der Waals surface area contributed by atoms with E-state index in [1.54, 1.807) is 20.8 Å². The van der Waals surface area contributed by atoms with Crippen LogP contribution >= 0.6 is 0 Å². The summed E-state index contributed by atoms with van der Waals surface area (Å²) in [5.74, 6) is -1.24. The van der Waals surface area contributed by atoms with Crippen LogP contribution < -0.4 is 0 Å². The first-order chi connectivity index (χ1) is 8.32. The second kappa shape index (κ2) is 5.49. The maximum Gasteiger partial charge on any atom is 0.337 e. The lowest BCUT2D eigenvalue weighted by atomic mass is 10.2. The van der Waals surface area contributed by atoms with E-state index in [1.807, 2.05) is 0 Å². The molecular formula is C12H17NO4S. The van der Waals surface area contributed by atoms with Crippen molar-refractivity contribution >= 4 is 16.0 Å². The number of carbonyl (C=O) groups is 1. The van der Waals surface area contributed by atoms with E-state index in [4.69, 9.17) is 5.11 Å². The molecule has 0 atom stereocenters. The van der Waals surface area contributed by atoms with Crippen molar-refractivity contribution in [2.45, 2.75) is 31.7 Å². The van der Waals surface area contributed by atoms with Crippen LogP contribution in [0.5, 0.6) is 0 Å². The van der Waals surface area contributed by atoms with E-state index in [9.17, 15) is 13.2 Å². The zero-order valence-electron chi connectivity index (χ0n) is 10.6. The molecule has 5 nitrogen and oxygen atoms in total. The van der Waals surface area contributed by atoms with Crippen LogP contribution in [0.1, 0.15) is 31.1 Å². The molecule has 0 heterocycles. The summed E-state index contributed by atoms with van der Waals surface area (Å²) in [6.45, 7) is 5.53. The summed E-state index contributed by atoms with van der Waals surface area (Å²) in [6, 6.07) is 5.43. The zero-order valence-corrected chi connectivity index (χ0v) is 11.4. The Morgan fingerprint density at radius 3 is 2.33 bits per heavy atom. The molecule has 0 saturated heterocycles. The van der Waals surface area contributed by atoms with Gasteiger partial charge in [0.1, 0.15) is 0 Å². The lowest BCUT2D eigenvalue weighted by molar-refractivity contribution is 0.0692. The normalized spacial score (nSPS) is 12.1. The lowest BCUT2D eigenvalue weighted by Crippen LogP contribution is -2.37. The molecule has 18 heavy (non-hydrogen) atoms. The molecule has 100 valence electrons. The molecule has 1 aromatic rings. The molecule has 0 aliphatic heterocycles. The van der Waals surface area contributed by atoms with Gasteiger partial charge >= 0.3 is 5.97 Å². The molecule has 6 heteroatoms. The molecule has 0 radical (unpaired) electrons. The maximum absolute atomic E-state index is 12.4. The van der Waals surface area contributed by atoms with Gasteiger partial charge < -0.3 is 5.11 Å². The molecule has 1 N–H and O–H groups in total. The third-order valence-electron chi connectivity index (χ3n) is 2.59. The Bertz CT molecular complexity index is 537. The molecule has 0 aromatic heterocycles. The van der Waals surface area contributed by atoms with E-state index in [1.165, 1.54) is 28.6 Å². The number of nitrogens with zero attached hydrogens (tertiary/aromatic N) is 1. The molecule has 0 aliphatic rings. The number of rotatable bonds is 5. The Morgan fingerprint density at radius 2 is 1.89 bits per heavy atom. The van der Waals surface area contributed by atoms with Crippen molar-refractivity contribution < 1.29 is 18.3 Å². The maximum atomic E-state index is 12.4. The summed E-state index contributed by atoms with van der Waals surface area (Å²) in [7, 11) is -3.77. The van der Waals surface area contributed by atoms with Gasteiger partial charge in [-0.15, -0.1) is 0 Å². The van der Waals surface area contributed by atoms with Crippen molar-refractivity contribution in [3.8, 4) is 0 Å². The van der Waals surface area contributed by atoms with Crippen LogP contribution in [0.4, 0.5) is 0 Å². The van der Waals surface area contributed by atoms with E-state index in [-0.39, 0.29) is 16.5 Å². The van der Waals surface area contributed by atoms with E-state index >= 15 is 0 Å². The minimum atomic E-state index is -3.77. The third kappa shape index (κ3) is 2.70. The molecular weight excluding hydrogens is 254 g/mol. The van der Waals surface area contributed by atoms with Crippen molar-refractivity contribution in [3.63, 3.8) is 0 Å². The molecule has 0 bridgehead atoms. The first kappa shape index (κ1) is 14.7. The van der Waals surface area contributed by atoms with Crippen LogP contribution in [0.3, 0.4) is 0 Å². The van der Waals surface area contributed by atoms with Gasteiger partial charge in [0.25, 0.3) is 0 Å². The van der Waals surface area contributed by atoms with E-state index < -0.39 is 16.0 Å². The predicted molar refractivity (Wildman–Crippen MR) is 68.1 cm³/mol. The Morgan fingerprint density at radius 1 is 1.33 bits per heavy atom. The average Bonchev–Trinajstić information content (AvgIpc) is 2.28. The van der Waals surface area contributed by atoms with Gasteiger partial charge in [0, 0.05) is 12.6 Å². The largest absolute Gasteiger partial charge is 0.478 e. The van der Waals surface area contributed by atoms with Crippen molar-refractivity contribution in [2.24, 2.45) is 0 Å². The van der Waals surface area contributed by atoms with Crippen LogP contribution in [0.25, 0.3) is 0 Å². The van der Waals surface area contributed by atoms with Gasteiger partial charge in [-0.25, -0.2) is 13.2 Å². The average molecular weight is 271 g/mol. The smallest absolute Gasteiger partial charge is 0.337 e. The van der Waals surface area contributed by atoms with Crippen LogP contribution in [-0.4, -0.2) is 36.4 Å². The van der Waals surface area contributed by atoms with Crippen LogP contribution in [0.2, 0.25) is 0 Å². The molecule has 0 amide bonds. The fraction of sp³-hybridized carbons (Fsp3) is 0.417. The highest BCUT2D eigenvalue weighted by molar-refractivity contribution is 7.89. The summed E-state index contributed by atoms with van der Waals surface area (Å²) in [5.41, 5.74) is -0.198. The molecule has 0 saturated carbocycles. The van der Waals surface area contributed by atoms with Gasteiger partial charge in [0.2, 0.25) is 10.0 Å². The minimum Gasteiger partial charge on any atom is -0.478 e. The molecule has 0 spiro atoms. The van der Waals surface area contributed by atoms with Gasteiger partial charge in [-0.05, 0) is 26.0 Å². The topological polar surface area (TPSA) is 74.7 Å². The Labute approximate surface area is 107 Å². The molecule has 0 unspecified atom stereocenters. The molecule has 0 aliphatic carbocycles. The van der Waals surface area contributed by atoms with E-state index in [0.717, 1.165) is 0 Å². The van der Waals surface area contributed by atoms with Crippen molar-refractivity contribution in [1.82, 2.24) is 4.31 Å².